The first-order valence-electron chi connectivity index (χ1n) is 22.8. The molecule has 1 fully saturated rings. The first-order valence-corrected chi connectivity index (χ1v) is 25.1. The Morgan fingerprint density at radius 1 is 0.729 bits per heavy atom. The predicted octanol–water partition coefficient (Wildman–Crippen LogP) is -0.708. The summed E-state index contributed by atoms with van der Waals surface area (Å²) in [7, 11) is 0. The van der Waals surface area contributed by atoms with Gasteiger partial charge in [0, 0.05) is 18.6 Å². The molecule has 0 aromatic heterocycles. The van der Waals surface area contributed by atoms with E-state index in [4.69, 9.17) is 5.73 Å². The Balaban J connectivity index is 1.69. The quantitative estimate of drug-likeness (QED) is 0.0706. The Morgan fingerprint density at radius 2 is 1.27 bits per heavy atom. The fourth-order valence-electron chi connectivity index (χ4n) is 7.20. The van der Waals surface area contributed by atoms with Gasteiger partial charge in [0.15, 0.2) is 0 Å². The molecular formula is C48H64N8O12S2. The second kappa shape index (κ2) is 27.9. The van der Waals surface area contributed by atoms with Gasteiger partial charge in [0.2, 0.25) is 46.5 Å². The average Bonchev–Trinajstić information content (AvgIpc) is 3.34. The van der Waals surface area contributed by atoms with E-state index in [2.05, 4.69) is 37.2 Å². The Bertz CT molecular complexity index is 2260. The zero-order valence-corrected chi connectivity index (χ0v) is 41.0. The number of nitrogens with two attached hydrogens (primary N) is 1. The van der Waals surface area contributed by atoms with Crippen LogP contribution < -0.4 is 43.0 Å². The van der Waals surface area contributed by atoms with Crippen molar-refractivity contribution in [1.82, 2.24) is 37.2 Å². The summed E-state index contributed by atoms with van der Waals surface area (Å²) >= 11 is 2.01. The average molecular weight is 1010 g/mol. The van der Waals surface area contributed by atoms with Gasteiger partial charge in [-0.3, -0.25) is 38.4 Å². The van der Waals surface area contributed by atoms with Crippen LogP contribution in [0.2, 0.25) is 0 Å². The van der Waals surface area contributed by atoms with Crippen LogP contribution in [0.5, 0.6) is 11.5 Å². The van der Waals surface area contributed by atoms with E-state index in [0.717, 1.165) is 6.92 Å². The van der Waals surface area contributed by atoms with Gasteiger partial charge >= 0.3 is 0 Å². The molecule has 70 heavy (non-hydrogen) atoms. The number of phenolic OH excluding ortho intramolecular Hbond substituents is 2. The number of rotatable bonds is 19. The smallest absolute Gasteiger partial charge is 0.245 e. The van der Waals surface area contributed by atoms with Crippen molar-refractivity contribution in [3.05, 3.63) is 95.6 Å². The summed E-state index contributed by atoms with van der Waals surface area (Å²) in [6, 6.07) is 9.10. The topological polar surface area (TPSA) is 328 Å². The van der Waals surface area contributed by atoms with E-state index < -0.39 is 119 Å². The van der Waals surface area contributed by atoms with Gasteiger partial charge in [0.1, 0.15) is 47.8 Å². The normalized spacial score (nSPS) is 21.6. The lowest BCUT2D eigenvalue weighted by atomic mass is 9.96. The lowest BCUT2D eigenvalue weighted by Crippen LogP contribution is -2.63. The zero-order valence-electron chi connectivity index (χ0n) is 39.4. The molecule has 1 aliphatic heterocycles. The highest BCUT2D eigenvalue weighted by molar-refractivity contribution is 8.13. The molecule has 1 saturated heterocycles. The number of aliphatic hydroxyl groups excluding tert-OH is 2. The summed E-state index contributed by atoms with van der Waals surface area (Å²) in [5.41, 5.74) is 7.77. The molecule has 380 valence electrons. The highest BCUT2D eigenvalue weighted by atomic mass is 32.2. The van der Waals surface area contributed by atoms with Gasteiger partial charge < -0.3 is 63.4 Å². The van der Waals surface area contributed by atoms with Crippen molar-refractivity contribution in [2.45, 2.75) is 107 Å². The van der Waals surface area contributed by atoms with Crippen molar-refractivity contribution < 1.29 is 58.8 Å². The summed E-state index contributed by atoms with van der Waals surface area (Å²) in [5, 5.41) is 57.9. The summed E-state index contributed by atoms with van der Waals surface area (Å²) in [6.07, 6.45) is 0.544. The first-order chi connectivity index (χ1) is 33.3. The lowest BCUT2D eigenvalue weighted by Gasteiger charge is -2.30. The molecular weight excluding hydrogens is 945 g/mol. The fraction of sp³-hybridized carbons (Fsp3) is 0.458. The van der Waals surface area contributed by atoms with Crippen LogP contribution in [0.3, 0.4) is 0 Å². The van der Waals surface area contributed by atoms with Crippen LogP contribution in [-0.2, 0) is 57.6 Å². The molecule has 0 spiro atoms. The number of carbonyl (C=O) groups excluding carboxylic acids is 8. The molecule has 10 unspecified atom stereocenters. The van der Waals surface area contributed by atoms with Crippen molar-refractivity contribution in [3.63, 3.8) is 0 Å². The number of benzene rings is 3. The largest absolute Gasteiger partial charge is 0.508 e. The van der Waals surface area contributed by atoms with Crippen LogP contribution in [-0.4, -0.2) is 146 Å². The Hall–Kier alpha value is -6.20. The van der Waals surface area contributed by atoms with Gasteiger partial charge in [-0.25, -0.2) is 0 Å². The van der Waals surface area contributed by atoms with Crippen LogP contribution in [0.15, 0.2) is 78.9 Å². The van der Waals surface area contributed by atoms with Gasteiger partial charge in [0.25, 0.3) is 0 Å². The first kappa shape index (κ1) is 56.4. The predicted molar refractivity (Wildman–Crippen MR) is 264 cm³/mol. The number of nitrogens with one attached hydrogen (secondary N) is 7. The molecule has 0 bridgehead atoms. The van der Waals surface area contributed by atoms with Crippen molar-refractivity contribution in [2.24, 2.45) is 11.7 Å². The summed E-state index contributed by atoms with van der Waals surface area (Å²) in [4.78, 5) is 112. The van der Waals surface area contributed by atoms with E-state index in [-0.39, 0.29) is 37.2 Å². The molecule has 0 saturated carbocycles. The molecule has 13 N–H and O–H groups in total. The van der Waals surface area contributed by atoms with E-state index in [0.29, 0.717) is 40.6 Å². The minimum atomic E-state index is -1.82. The minimum Gasteiger partial charge on any atom is -0.508 e. The maximum absolute atomic E-state index is 14.5. The summed E-state index contributed by atoms with van der Waals surface area (Å²) in [5.74, 6) is -6.84. The third-order valence-electron chi connectivity index (χ3n) is 11.6. The van der Waals surface area contributed by atoms with Crippen LogP contribution in [0, 0.1) is 5.92 Å². The molecule has 1 heterocycles. The van der Waals surface area contributed by atoms with Crippen LogP contribution in [0.4, 0.5) is 0 Å². The SMILES string of the molecule is CCC(C)C1NC(=O)C(Cc2ccccc2)NC(=O)C(Cc2ccc(O)cc2)NC(=O)C(NC(=O)C(NC(=O)C(CO)NC(=O)C(N)Cc2ccc(O)cc2)C(C)O)CSC(=O)C(CCSC)NC1=O. The maximum Gasteiger partial charge on any atom is 0.245 e. The minimum absolute atomic E-state index is 0.00112. The van der Waals surface area contributed by atoms with Crippen molar-refractivity contribution in [2.75, 3.05) is 24.4 Å². The molecule has 1 aliphatic rings. The number of hydrogen-bond acceptors (Lipinski definition) is 15. The molecule has 7 amide bonds. The van der Waals surface area contributed by atoms with Crippen LogP contribution in [0.25, 0.3) is 0 Å². The molecule has 20 nitrogen and oxygen atoms in total. The number of amides is 7. The van der Waals surface area contributed by atoms with Gasteiger partial charge in [-0.1, -0.05) is 86.6 Å². The van der Waals surface area contributed by atoms with E-state index in [1.54, 1.807) is 49.4 Å². The van der Waals surface area contributed by atoms with Gasteiger partial charge in [-0.2, -0.15) is 11.8 Å². The third kappa shape index (κ3) is 17.3. The fourth-order valence-corrected chi connectivity index (χ4v) is 8.62. The molecule has 0 radical (unpaired) electrons. The number of phenols is 2. The van der Waals surface area contributed by atoms with Crippen LogP contribution in [0.1, 0.15) is 50.3 Å². The second-order valence-electron chi connectivity index (χ2n) is 17.0. The van der Waals surface area contributed by atoms with Crippen molar-refractivity contribution in [3.8, 4) is 11.5 Å². The maximum atomic E-state index is 14.5. The molecule has 3 aromatic rings. The standard InChI is InChI=1S/C48H64N8O12S2/c1-5-26(2)39-46(66)50-34(19-20-69-4)48(68)70-25-38(54-47(67)40(27(3)58)56-44(64)37(24-57)53-41(61)33(49)21-29-11-15-31(59)16-12-29)45(65)52-35(23-30-13-17-32(60)18-14-30)42(62)51-36(43(63)55-39)22-28-9-7-6-8-10-28/h6-18,26-27,33-40,57-60H,5,19-25,49H2,1-4H3,(H,50,66)(H,51,62)(H,52,65)(H,53,61)(H,54,67)(H,55,63)(H,56,64). The van der Waals surface area contributed by atoms with Crippen LogP contribution >= 0.6 is 23.5 Å². The molecule has 3 aromatic carbocycles. The number of carbonyl (C=O) groups is 8. The summed E-state index contributed by atoms with van der Waals surface area (Å²) < 4.78 is 0. The van der Waals surface area contributed by atoms with Crippen molar-refractivity contribution in [1.29, 1.82) is 0 Å². The van der Waals surface area contributed by atoms with Gasteiger partial charge in [-0.15, -0.1) is 0 Å². The number of hydrogen-bond donors (Lipinski definition) is 12. The number of thioether (sulfide) groups is 2. The highest BCUT2D eigenvalue weighted by Gasteiger charge is 2.38. The Morgan fingerprint density at radius 3 is 1.83 bits per heavy atom. The number of aromatic hydroxyl groups is 2. The van der Waals surface area contributed by atoms with Crippen molar-refractivity contribution >= 4 is 70.0 Å². The molecule has 0 aliphatic carbocycles. The van der Waals surface area contributed by atoms with E-state index >= 15 is 0 Å². The molecule has 10 atom stereocenters. The third-order valence-corrected chi connectivity index (χ3v) is 13.3. The van der Waals surface area contributed by atoms with E-state index in [1.807, 2.05) is 13.2 Å². The number of aliphatic hydroxyl groups is 2. The Labute approximate surface area is 414 Å². The van der Waals surface area contributed by atoms with Gasteiger partial charge in [-0.05, 0) is 78.6 Å². The lowest BCUT2D eigenvalue weighted by molar-refractivity contribution is -0.137. The monoisotopic (exact) mass is 1010 g/mol. The Kier molecular flexibility index (Phi) is 22.4. The van der Waals surface area contributed by atoms with E-state index in [9.17, 15) is 58.8 Å². The van der Waals surface area contributed by atoms with Gasteiger partial charge in [0.05, 0.1) is 24.8 Å². The molecule has 22 heteroatoms. The zero-order chi connectivity index (χ0) is 51.5. The summed E-state index contributed by atoms with van der Waals surface area (Å²) in [6.45, 7) is 3.80. The highest BCUT2D eigenvalue weighted by Crippen LogP contribution is 2.18. The second-order valence-corrected chi connectivity index (χ2v) is 19.0. The van der Waals surface area contributed by atoms with E-state index in [1.165, 1.54) is 48.2 Å². The molecule has 4 rings (SSSR count).